The molecule has 0 fully saturated rings. The van der Waals surface area contributed by atoms with E-state index >= 15 is 0 Å². The van der Waals surface area contributed by atoms with Crippen molar-refractivity contribution in [3.63, 3.8) is 0 Å². The molecule has 2 amide bonds. The van der Waals surface area contributed by atoms with Gasteiger partial charge in [0.25, 0.3) is 0 Å². The summed E-state index contributed by atoms with van der Waals surface area (Å²) in [5.74, 6) is 0.332. The molecule has 2 aromatic rings. The van der Waals surface area contributed by atoms with Gasteiger partial charge in [-0.15, -0.1) is 11.6 Å². The highest BCUT2D eigenvalue weighted by Gasteiger charge is 2.15. The smallest absolute Gasteiger partial charge is 0.316 e. The maximum atomic E-state index is 13.3. The molecule has 0 spiro atoms. The minimum atomic E-state index is -0.332. The number of hydrogen-bond donors (Lipinski definition) is 1. The molecule has 21 heavy (non-hydrogen) atoms. The fourth-order valence-electron chi connectivity index (χ4n) is 2.09. The van der Waals surface area contributed by atoms with Crippen molar-refractivity contribution in [1.82, 2.24) is 19.8 Å². The molecule has 0 radical (unpaired) electrons. The molecule has 0 saturated heterocycles. The first-order chi connectivity index (χ1) is 9.90. The van der Waals surface area contributed by atoms with E-state index < -0.39 is 0 Å². The first-order valence-corrected chi connectivity index (χ1v) is 7.08. The molecule has 0 aliphatic rings. The van der Waals surface area contributed by atoms with Gasteiger partial charge in [0.1, 0.15) is 11.6 Å². The third-order valence-corrected chi connectivity index (χ3v) is 3.31. The minimum absolute atomic E-state index is 0.161. The fourth-order valence-corrected chi connectivity index (χ4v) is 2.26. The van der Waals surface area contributed by atoms with Crippen molar-refractivity contribution in [2.45, 2.75) is 18.8 Å². The van der Waals surface area contributed by atoms with Crippen LogP contribution in [0.2, 0.25) is 0 Å². The first-order valence-electron chi connectivity index (χ1n) is 6.65. The Morgan fingerprint density at radius 1 is 1.52 bits per heavy atom. The number of alkyl halides is 1. The Bertz CT molecular complexity index is 654. The lowest BCUT2D eigenvalue weighted by Crippen LogP contribution is -2.36. The van der Waals surface area contributed by atoms with Crippen molar-refractivity contribution < 1.29 is 9.18 Å². The Kier molecular flexibility index (Phi) is 4.67. The van der Waals surface area contributed by atoms with Crippen LogP contribution in [0, 0.1) is 5.82 Å². The van der Waals surface area contributed by atoms with Gasteiger partial charge in [-0.25, -0.2) is 14.2 Å². The summed E-state index contributed by atoms with van der Waals surface area (Å²) in [6, 6.07) is 4.29. The van der Waals surface area contributed by atoms with Crippen LogP contribution in [0.4, 0.5) is 9.18 Å². The van der Waals surface area contributed by atoms with Crippen LogP contribution in [0.3, 0.4) is 0 Å². The zero-order chi connectivity index (χ0) is 15.6. The highest BCUT2D eigenvalue weighted by atomic mass is 35.5. The van der Waals surface area contributed by atoms with Crippen LogP contribution >= 0.6 is 11.6 Å². The molecule has 2 rings (SSSR count). The van der Waals surface area contributed by atoms with Crippen LogP contribution in [-0.4, -0.2) is 41.1 Å². The second kappa shape index (κ2) is 6.30. The van der Waals surface area contributed by atoms with E-state index in [-0.39, 0.29) is 17.2 Å². The summed E-state index contributed by atoms with van der Waals surface area (Å²) < 4.78 is 15.2. The third kappa shape index (κ3) is 3.44. The van der Waals surface area contributed by atoms with Gasteiger partial charge in [-0.2, -0.15) is 0 Å². The molecule has 5 nitrogen and oxygen atoms in total. The van der Waals surface area contributed by atoms with Crippen molar-refractivity contribution in [2.24, 2.45) is 0 Å². The standard InChI is InChI=1S/C14H18ClFN4O/c1-9(15)13-18-11-8-10(16)4-5-12(11)20(13)7-6-17-14(21)19(2)3/h4-5,8-9H,6-7H2,1-3H3,(H,17,21). The van der Waals surface area contributed by atoms with Crippen LogP contribution in [-0.2, 0) is 6.54 Å². The zero-order valence-electron chi connectivity index (χ0n) is 12.2. The van der Waals surface area contributed by atoms with Gasteiger partial charge in [-0.3, -0.25) is 0 Å². The fraction of sp³-hybridized carbons (Fsp3) is 0.429. The van der Waals surface area contributed by atoms with Crippen LogP contribution in [0.1, 0.15) is 18.1 Å². The number of fused-ring (bicyclic) bond motifs is 1. The first kappa shape index (κ1) is 15.6. The quantitative estimate of drug-likeness (QED) is 0.883. The average Bonchev–Trinajstić information content (AvgIpc) is 2.76. The van der Waals surface area contributed by atoms with Crippen molar-refractivity contribution in [2.75, 3.05) is 20.6 Å². The van der Waals surface area contributed by atoms with Crippen LogP contribution in [0.15, 0.2) is 18.2 Å². The summed E-state index contributed by atoms with van der Waals surface area (Å²) in [6.45, 7) is 2.78. The number of hydrogen-bond acceptors (Lipinski definition) is 2. The Morgan fingerprint density at radius 2 is 2.24 bits per heavy atom. The van der Waals surface area contributed by atoms with Gasteiger partial charge in [0.15, 0.2) is 0 Å². The Labute approximate surface area is 127 Å². The molecule has 0 aliphatic carbocycles. The van der Waals surface area contributed by atoms with E-state index in [4.69, 9.17) is 11.6 Å². The number of amides is 2. The second-order valence-electron chi connectivity index (χ2n) is 5.00. The predicted octanol–water partition coefficient (Wildman–Crippen LogP) is 2.75. The van der Waals surface area contributed by atoms with Gasteiger partial charge < -0.3 is 14.8 Å². The average molecular weight is 313 g/mol. The van der Waals surface area contributed by atoms with E-state index in [9.17, 15) is 9.18 Å². The summed E-state index contributed by atoms with van der Waals surface area (Å²) >= 11 is 6.14. The number of halogens is 2. The SMILES string of the molecule is CC(Cl)c1nc2cc(F)ccc2n1CCNC(=O)N(C)C. The normalized spacial score (nSPS) is 12.4. The van der Waals surface area contributed by atoms with Gasteiger partial charge in [-0.1, -0.05) is 0 Å². The number of carbonyl (C=O) groups is 1. The number of urea groups is 1. The highest BCUT2D eigenvalue weighted by Crippen LogP contribution is 2.24. The van der Waals surface area contributed by atoms with Crippen molar-refractivity contribution in [3.8, 4) is 0 Å². The molecule has 1 aromatic carbocycles. The topological polar surface area (TPSA) is 50.2 Å². The molecule has 1 heterocycles. The molecule has 1 unspecified atom stereocenters. The molecular weight excluding hydrogens is 295 g/mol. The van der Waals surface area contributed by atoms with Crippen molar-refractivity contribution in [1.29, 1.82) is 0 Å². The third-order valence-electron chi connectivity index (χ3n) is 3.11. The summed E-state index contributed by atoms with van der Waals surface area (Å²) in [7, 11) is 3.36. The van der Waals surface area contributed by atoms with E-state index in [0.717, 1.165) is 5.52 Å². The van der Waals surface area contributed by atoms with Gasteiger partial charge in [0.05, 0.1) is 16.4 Å². The van der Waals surface area contributed by atoms with Crippen molar-refractivity contribution in [3.05, 3.63) is 29.8 Å². The Morgan fingerprint density at radius 3 is 2.86 bits per heavy atom. The highest BCUT2D eigenvalue weighted by molar-refractivity contribution is 6.20. The maximum absolute atomic E-state index is 13.3. The monoisotopic (exact) mass is 312 g/mol. The van der Waals surface area contributed by atoms with Gasteiger partial charge in [0.2, 0.25) is 0 Å². The van der Waals surface area contributed by atoms with Crippen LogP contribution in [0.25, 0.3) is 11.0 Å². The molecule has 1 aromatic heterocycles. The number of nitrogens with one attached hydrogen (secondary N) is 1. The van der Waals surface area contributed by atoms with Crippen molar-refractivity contribution >= 4 is 28.7 Å². The Balaban J connectivity index is 2.24. The molecule has 114 valence electrons. The largest absolute Gasteiger partial charge is 0.336 e. The maximum Gasteiger partial charge on any atom is 0.316 e. The number of carbonyl (C=O) groups excluding carboxylic acids is 1. The summed E-state index contributed by atoms with van der Waals surface area (Å²) in [4.78, 5) is 17.4. The number of benzene rings is 1. The molecule has 7 heteroatoms. The molecule has 1 N–H and O–H groups in total. The predicted molar refractivity (Wildman–Crippen MR) is 81.0 cm³/mol. The molecule has 0 bridgehead atoms. The van der Waals surface area contributed by atoms with Crippen LogP contribution in [0.5, 0.6) is 0 Å². The van der Waals surface area contributed by atoms with E-state index in [1.807, 2.05) is 11.5 Å². The number of nitrogens with zero attached hydrogens (tertiary/aromatic N) is 3. The lowest BCUT2D eigenvalue weighted by atomic mass is 10.3. The van der Waals surface area contributed by atoms with E-state index in [1.54, 1.807) is 20.2 Å². The summed E-state index contributed by atoms with van der Waals surface area (Å²) in [5, 5.41) is 2.48. The summed E-state index contributed by atoms with van der Waals surface area (Å²) in [6.07, 6.45) is 0. The lowest BCUT2D eigenvalue weighted by Gasteiger charge is -2.14. The number of aromatic nitrogens is 2. The minimum Gasteiger partial charge on any atom is -0.336 e. The van der Waals surface area contributed by atoms with Gasteiger partial charge >= 0.3 is 6.03 Å². The van der Waals surface area contributed by atoms with E-state index in [0.29, 0.717) is 24.4 Å². The zero-order valence-corrected chi connectivity index (χ0v) is 13.0. The van der Waals surface area contributed by atoms with Gasteiger partial charge in [-0.05, 0) is 19.1 Å². The second-order valence-corrected chi connectivity index (χ2v) is 5.65. The van der Waals surface area contributed by atoms with Crippen LogP contribution < -0.4 is 5.32 Å². The molecule has 0 aliphatic heterocycles. The number of rotatable bonds is 4. The molecular formula is C14H18ClFN4O. The summed E-state index contributed by atoms with van der Waals surface area (Å²) in [5.41, 5.74) is 1.37. The van der Waals surface area contributed by atoms with E-state index in [2.05, 4.69) is 10.3 Å². The Hall–Kier alpha value is -1.82. The number of imidazole rings is 1. The lowest BCUT2D eigenvalue weighted by molar-refractivity contribution is 0.217. The van der Waals surface area contributed by atoms with Gasteiger partial charge in [0, 0.05) is 33.3 Å². The molecule has 1 atom stereocenters. The molecule has 0 saturated carbocycles. The van der Waals surface area contributed by atoms with E-state index in [1.165, 1.54) is 17.0 Å².